The summed E-state index contributed by atoms with van der Waals surface area (Å²) in [6.45, 7) is 4.30. The molecule has 0 aliphatic heterocycles. The highest BCUT2D eigenvalue weighted by molar-refractivity contribution is 7.99. The van der Waals surface area contributed by atoms with E-state index in [1.807, 2.05) is 0 Å². The van der Waals surface area contributed by atoms with Crippen LogP contribution in [0, 0.1) is 0 Å². The van der Waals surface area contributed by atoms with Crippen molar-refractivity contribution in [3.05, 3.63) is 0 Å². The Balaban J connectivity index is 3.17. The predicted octanol–water partition coefficient (Wildman–Crippen LogP) is 2.12. The molecule has 62 valence electrons. The van der Waals surface area contributed by atoms with Gasteiger partial charge in [-0.3, -0.25) is 0 Å². The van der Waals surface area contributed by atoms with Gasteiger partial charge in [0.2, 0.25) is 0 Å². The van der Waals surface area contributed by atoms with Crippen molar-refractivity contribution >= 4 is 23.4 Å². The molecule has 1 nitrogen and oxygen atoms in total. The molecule has 2 unspecified atom stereocenters. The predicted molar refractivity (Wildman–Crippen MR) is 48.9 cm³/mol. The van der Waals surface area contributed by atoms with Crippen molar-refractivity contribution in [2.24, 2.45) is 0 Å². The van der Waals surface area contributed by atoms with Crippen LogP contribution in [-0.4, -0.2) is 28.1 Å². The van der Waals surface area contributed by atoms with Gasteiger partial charge in [0, 0.05) is 16.9 Å². The number of halogens is 1. The Morgan fingerprint density at radius 2 is 2.20 bits per heavy atom. The third-order valence-corrected chi connectivity index (χ3v) is 3.16. The number of thioether (sulfide) groups is 1. The zero-order valence-electron chi connectivity index (χ0n) is 6.51. The minimum atomic E-state index is -0.333. The normalized spacial score (nSPS) is 16.8. The van der Waals surface area contributed by atoms with E-state index in [-0.39, 0.29) is 6.10 Å². The van der Waals surface area contributed by atoms with Gasteiger partial charge in [-0.2, -0.15) is 11.8 Å². The molecule has 0 aliphatic rings. The Morgan fingerprint density at radius 1 is 1.60 bits per heavy atom. The highest BCUT2D eigenvalue weighted by Gasteiger charge is 2.04. The van der Waals surface area contributed by atoms with Gasteiger partial charge >= 0.3 is 0 Å². The maximum Gasteiger partial charge on any atom is 0.0765 e. The van der Waals surface area contributed by atoms with E-state index in [0.717, 1.165) is 12.2 Å². The van der Waals surface area contributed by atoms with Gasteiger partial charge in [-0.15, -0.1) is 11.6 Å². The average Bonchev–Trinajstić information content (AvgIpc) is 1.99. The summed E-state index contributed by atoms with van der Waals surface area (Å²) >= 11 is 7.19. The first-order chi connectivity index (χ1) is 4.70. The standard InChI is InChI=1S/C7H15ClOS/c1-3-6(2)10-5-7(9)4-8/h6-7,9H,3-5H2,1-2H3. The van der Waals surface area contributed by atoms with E-state index < -0.39 is 0 Å². The van der Waals surface area contributed by atoms with Gasteiger partial charge in [0.15, 0.2) is 0 Å². The molecule has 2 atom stereocenters. The summed E-state index contributed by atoms with van der Waals surface area (Å²) in [6, 6.07) is 0. The van der Waals surface area contributed by atoms with E-state index in [1.165, 1.54) is 0 Å². The largest absolute Gasteiger partial charge is 0.391 e. The van der Waals surface area contributed by atoms with Crippen molar-refractivity contribution < 1.29 is 5.11 Å². The van der Waals surface area contributed by atoms with Crippen LogP contribution in [0.1, 0.15) is 20.3 Å². The third kappa shape index (κ3) is 5.39. The molecule has 0 saturated heterocycles. The number of aliphatic hydroxyl groups excluding tert-OH is 1. The molecule has 3 heteroatoms. The van der Waals surface area contributed by atoms with Gasteiger partial charge in [0.25, 0.3) is 0 Å². The molecule has 0 aromatic rings. The molecule has 0 bridgehead atoms. The zero-order chi connectivity index (χ0) is 7.98. The minimum absolute atomic E-state index is 0.333. The maximum absolute atomic E-state index is 9.05. The van der Waals surface area contributed by atoms with Crippen LogP contribution in [0.15, 0.2) is 0 Å². The van der Waals surface area contributed by atoms with Crippen LogP contribution >= 0.6 is 23.4 Å². The highest BCUT2D eigenvalue weighted by atomic mass is 35.5. The maximum atomic E-state index is 9.05. The smallest absolute Gasteiger partial charge is 0.0765 e. The molecule has 1 N–H and O–H groups in total. The molecule has 0 aromatic heterocycles. The summed E-state index contributed by atoms with van der Waals surface area (Å²) in [5, 5.41) is 9.69. The fourth-order valence-corrected chi connectivity index (χ4v) is 1.58. The van der Waals surface area contributed by atoms with Crippen LogP contribution in [0.25, 0.3) is 0 Å². The highest BCUT2D eigenvalue weighted by Crippen LogP contribution is 2.14. The molecule has 0 aromatic carbocycles. The molecule has 0 spiro atoms. The van der Waals surface area contributed by atoms with Crippen molar-refractivity contribution in [2.45, 2.75) is 31.6 Å². The molecular formula is C7H15ClOS. The molecule has 0 radical (unpaired) electrons. The quantitative estimate of drug-likeness (QED) is 0.658. The van der Waals surface area contributed by atoms with E-state index in [2.05, 4.69) is 13.8 Å². The lowest BCUT2D eigenvalue weighted by Crippen LogP contribution is -2.13. The lowest BCUT2D eigenvalue weighted by molar-refractivity contribution is 0.223. The molecule has 0 rings (SSSR count). The fraction of sp³-hybridized carbons (Fsp3) is 1.00. The number of hydrogen-bond acceptors (Lipinski definition) is 2. The van der Waals surface area contributed by atoms with Gasteiger partial charge in [0.05, 0.1) is 6.10 Å². The minimum Gasteiger partial charge on any atom is -0.391 e. The van der Waals surface area contributed by atoms with Gasteiger partial charge in [-0.1, -0.05) is 13.8 Å². The number of hydrogen-bond donors (Lipinski definition) is 1. The van der Waals surface area contributed by atoms with E-state index in [9.17, 15) is 0 Å². The van der Waals surface area contributed by atoms with Crippen LogP contribution in [0.3, 0.4) is 0 Å². The van der Waals surface area contributed by atoms with Crippen molar-refractivity contribution in [3.8, 4) is 0 Å². The van der Waals surface area contributed by atoms with E-state index in [4.69, 9.17) is 16.7 Å². The first-order valence-corrected chi connectivity index (χ1v) is 5.14. The lowest BCUT2D eigenvalue weighted by Gasteiger charge is -2.10. The van der Waals surface area contributed by atoms with Crippen LogP contribution in [0.4, 0.5) is 0 Å². The SMILES string of the molecule is CCC(C)SCC(O)CCl. The van der Waals surface area contributed by atoms with Crippen molar-refractivity contribution in [1.82, 2.24) is 0 Å². The van der Waals surface area contributed by atoms with E-state index in [0.29, 0.717) is 11.1 Å². The van der Waals surface area contributed by atoms with Crippen molar-refractivity contribution in [1.29, 1.82) is 0 Å². The molecule has 0 heterocycles. The number of alkyl halides is 1. The Kier molecular flexibility index (Phi) is 6.70. The Bertz CT molecular complexity index is 70.0. The molecule has 10 heavy (non-hydrogen) atoms. The van der Waals surface area contributed by atoms with E-state index in [1.54, 1.807) is 11.8 Å². The first-order valence-electron chi connectivity index (χ1n) is 3.56. The summed E-state index contributed by atoms with van der Waals surface area (Å²) in [5.41, 5.74) is 0. The fourth-order valence-electron chi connectivity index (χ4n) is 0.438. The Morgan fingerprint density at radius 3 is 2.60 bits per heavy atom. The average molecular weight is 183 g/mol. The van der Waals surface area contributed by atoms with Gasteiger partial charge in [0.1, 0.15) is 0 Å². The topological polar surface area (TPSA) is 20.2 Å². The summed E-state index contributed by atoms with van der Waals surface area (Å²) in [6.07, 6.45) is 0.820. The first kappa shape index (κ1) is 10.6. The summed E-state index contributed by atoms with van der Waals surface area (Å²) in [4.78, 5) is 0. The number of aliphatic hydroxyl groups is 1. The van der Waals surface area contributed by atoms with Crippen molar-refractivity contribution in [2.75, 3.05) is 11.6 Å². The van der Waals surface area contributed by atoms with Crippen LogP contribution < -0.4 is 0 Å². The monoisotopic (exact) mass is 182 g/mol. The van der Waals surface area contributed by atoms with Crippen LogP contribution in [0.2, 0.25) is 0 Å². The van der Waals surface area contributed by atoms with Crippen molar-refractivity contribution in [3.63, 3.8) is 0 Å². The Labute approximate surface area is 72.1 Å². The molecule has 0 amide bonds. The molecule has 0 saturated carbocycles. The third-order valence-electron chi connectivity index (χ3n) is 1.33. The second-order valence-corrected chi connectivity index (χ2v) is 4.14. The molecule has 0 aliphatic carbocycles. The van der Waals surface area contributed by atoms with Gasteiger partial charge in [-0.05, 0) is 6.42 Å². The van der Waals surface area contributed by atoms with E-state index >= 15 is 0 Å². The Hall–Kier alpha value is 0.600. The van der Waals surface area contributed by atoms with Crippen LogP contribution in [-0.2, 0) is 0 Å². The number of rotatable bonds is 5. The molecule has 0 fully saturated rings. The molecular weight excluding hydrogens is 168 g/mol. The second kappa shape index (κ2) is 6.32. The lowest BCUT2D eigenvalue weighted by atomic mass is 10.4. The van der Waals surface area contributed by atoms with Gasteiger partial charge in [-0.25, -0.2) is 0 Å². The summed E-state index contributed by atoms with van der Waals surface area (Å²) in [7, 11) is 0. The second-order valence-electron chi connectivity index (χ2n) is 2.36. The summed E-state index contributed by atoms with van der Waals surface area (Å²) in [5.74, 6) is 1.11. The van der Waals surface area contributed by atoms with Crippen LogP contribution in [0.5, 0.6) is 0 Å². The summed E-state index contributed by atoms with van der Waals surface area (Å²) < 4.78 is 0. The zero-order valence-corrected chi connectivity index (χ0v) is 8.08. The van der Waals surface area contributed by atoms with Gasteiger partial charge < -0.3 is 5.11 Å².